The van der Waals surface area contributed by atoms with E-state index >= 15 is 0 Å². The van der Waals surface area contributed by atoms with Crippen LogP contribution >= 0.6 is 0 Å². The van der Waals surface area contributed by atoms with Crippen molar-refractivity contribution in [2.75, 3.05) is 6.54 Å². The molecule has 2 rings (SSSR count). The molecule has 2 heterocycles. The van der Waals surface area contributed by atoms with E-state index in [1.807, 2.05) is 33.8 Å². The van der Waals surface area contributed by atoms with Crippen LogP contribution in [-0.2, 0) is 12.1 Å². The molecule has 0 radical (unpaired) electrons. The minimum atomic E-state index is -1.20. The van der Waals surface area contributed by atoms with Gasteiger partial charge in [0.15, 0.2) is 0 Å². The fraction of sp³-hybridized carbons (Fsp3) is 0.556. The van der Waals surface area contributed by atoms with Crippen LogP contribution in [0.25, 0.3) is 0 Å². The lowest BCUT2D eigenvalue weighted by atomic mass is 9.96. The fourth-order valence-corrected chi connectivity index (χ4v) is 2.75. The van der Waals surface area contributed by atoms with Gasteiger partial charge in [-0.1, -0.05) is 13.8 Å². The number of carbonyl (C=O) groups is 1. The Labute approximate surface area is 142 Å². The second-order valence-corrected chi connectivity index (χ2v) is 6.71. The summed E-state index contributed by atoms with van der Waals surface area (Å²) in [4.78, 5) is 12.5. The number of carbonyl (C=O) groups excluding carboxylic acids is 1. The fourth-order valence-electron chi connectivity index (χ4n) is 2.75. The molecule has 0 aliphatic rings. The lowest BCUT2D eigenvalue weighted by molar-refractivity contribution is 0.0511. The number of furan rings is 1. The molecule has 0 saturated heterocycles. The van der Waals surface area contributed by atoms with Crippen LogP contribution < -0.4 is 5.32 Å². The molecule has 1 unspecified atom stereocenters. The third-order valence-corrected chi connectivity index (χ3v) is 4.14. The summed E-state index contributed by atoms with van der Waals surface area (Å²) in [5.41, 5.74) is 0.884. The molecule has 2 N–H and O–H groups in total. The molecule has 0 fully saturated rings. The van der Waals surface area contributed by atoms with Crippen molar-refractivity contribution in [3.05, 3.63) is 40.6 Å². The van der Waals surface area contributed by atoms with E-state index in [1.165, 1.54) is 0 Å². The number of rotatable bonds is 6. The number of aromatic nitrogens is 2. The molecule has 132 valence electrons. The number of aliphatic hydroxyl groups is 1. The lowest BCUT2D eigenvalue weighted by Gasteiger charge is -2.23. The summed E-state index contributed by atoms with van der Waals surface area (Å²) < 4.78 is 7.16. The van der Waals surface area contributed by atoms with E-state index in [2.05, 4.69) is 10.4 Å². The highest BCUT2D eigenvalue weighted by molar-refractivity contribution is 5.92. The zero-order valence-electron chi connectivity index (χ0n) is 15.3. The van der Waals surface area contributed by atoms with E-state index in [0.29, 0.717) is 23.6 Å². The molecule has 0 saturated carbocycles. The van der Waals surface area contributed by atoms with E-state index in [9.17, 15) is 9.90 Å². The second kappa shape index (κ2) is 6.81. The highest BCUT2D eigenvalue weighted by Crippen LogP contribution is 2.26. The van der Waals surface area contributed by atoms with Gasteiger partial charge in [0.2, 0.25) is 0 Å². The van der Waals surface area contributed by atoms with Crippen molar-refractivity contribution in [3.63, 3.8) is 0 Å². The maximum atomic E-state index is 12.5. The van der Waals surface area contributed by atoms with Crippen LogP contribution in [0.5, 0.6) is 0 Å². The molecular weight excluding hydrogens is 306 g/mol. The van der Waals surface area contributed by atoms with Crippen molar-refractivity contribution < 1.29 is 14.3 Å². The molecular formula is C18H27N3O3. The molecule has 6 nitrogen and oxygen atoms in total. The first-order valence-corrected chi connectivity index (χ1v) is 8.31. The van der Waals surface area contributed by atoms with Gasteiger partial charge in [-0.05, 0) is 45.7 Å². The molecule has 0 aromatic carbocycles. The first-order chi connectivity index (χ1) is 11.2. The number of amides is 1. The highest BCUT2D eigenvalue weighted by Gasteiger charge is 2.29. The molecule has 1 amide bonds. The van der Waals surface area contributed by atoms with Gasteiger partial charge in [-0.15, -0.1) is 0 Å². The molecule has 24 heavy (non-hydrogen) atoms. The average Bonchev–Trinajstić information content (AvgIpc) is 3.08. The van der Waals surface area contributed by atoms with Crippen molar-refractivity contribution in [2.24, 2.45) is 0 Å². The Morgan fingerprint density at radius 2 is 2.08 bits per heavy atom. The van der Waals surface area contributed by atoms with E-state index in [0.717, 1.165) is 11.5 Å². The van der Waals surface area contributed by atoms with Crippen molar-refractivity contribution >= 4 is 5.91 Å². The summed E-state index contributed by atoms with van der Waals surface area (Å²) in [5.74, 6) is 1.41. The van der Waals surface area contributed by atoms with Gasteiger partial charge in [-0.25, -0.2) is 0 Å². The van der Waals surface area contributed by atoms with Crippen LogP contribution in [0.3, 0.4) is 0 Å². The Kier molecular flexibility index (Phi) is 5.18. The second-order valence-electron chi connectivity index (χ2n) is 6.71. The minimum Gasteiger partial charge on any atom is -0.466 e. The number of aryl methyl sites for hydroxylation is 3. The monoisotopic (exact) mass is 333 g/mol. The predicted molar refractivity (Wildman–Crippen MR) is 92.1 cm³/mol. The Morgan fingerprint density at radius 3 is 2.58 bits per heavy atom. The molecule has 0 aliphatic carbocycles. The molecule has 0 spiro atoms. The topological polar surface area (TPSA) is 80.3 Å². The quantitative estimate of drug-likeness (QED) is 0.852. The lowest BCUT2D eigenvalue weighted by Crippen LogP contribution is -2.39. The zero-order chi connectivity index (χ0) is 18.1. The molecule has 2 aromatic rings. The SMILES string of the molecule is CCn1nc(C(C)C)cc1C(=O)NCC(C)(O)c1cc(C)oc1C. The number of nitrogens with one attached hydrogen (secondary N) is 1. The first kappa shape index (κ1) is 18.3. The van der Waals surface area contributed by atoms with Crippen LogP contribution in [0.1, 0.15) is 66.9 Å². The normalized spacial score (nSPS) is 14.0. The summed E-state index contributed by atoms with van der Waals surface area (Å²) in [6.45, 7) is 12.0. The summed E-state index contributed by atoms with van der Waals surface area (Å²) in [7, 11) is 0. The molecule has 2 aromatic heterocycles. The van der Waals surface area contributed by atoms with Gasteiger partial charge in [0, 0.05) is 12.1 Å². The Morgan fingerprint density at radius 1 is 1.42 bits per heavy atom. The van der Waals surface area contributed by atoms with E-state index < -0.39 is 5.60 Å². The van der Waals surface area contributed by atoms with Gasteiger partial charge in [0.05, 0.1) is 12.2 Å². The van der Waals surface area contributed by atoms with Gasteiger partial charge in [-0.2, -0.15) is 5.10 Å². The molecule has 1 atom stereocenters. The molecule has 0 aliphatic heterocycles. The number of nitrogens with zero attached hydrogens (tertiary/aromatic N) is 2. The third-order valence-electron chi connectivity index (χ3n) is 4.14. The molecule has 0 bridgehead atoms. The Hall–Kier alpha value is -2.08. The van der Waals surface area contributed by atoms with Gasteiger partial charge >= 0.3 is 0 Å². The largest absolute Gasteiger partial charge is 0.466 e. The number of hydrogen-bond acceptors (Lipinski definition) is 4. The maximum absolute atomic E-state index is 12.5. The van der Waals surface area contributed by atoms with Crippen LogP contribution in [0.4, 0.5) is 0 Å². The standard InChI is InChI=1S/C18H27N3O3/c1-7-21-16(9-15(20-21)11(2)3)17(22)19-10-18(6,23)14-8-12(4)24-13(14)5/h8-9,11,23H,7,10H2,1-6H3,(H,19,22). The van der Waals surface area contributed by atoms with Crippen LogP contribution in [0, 0.1) is 13.8 Å². The predicted octanol–water partition coefficient (Wildman–Crippen LogP) is 2.87. The third kappa shape index (κ3) is 3.70. The van der Waals surface area contributed by atoms with Crippen molar-refractivity contribution in [1.82, 2.24) is 15.1 Å². The first-order valence-electron chi connectivity index (χ1n) is 8.31. The summed E-state index contributed by atoms with van der Waals surface area (Å²) in [6, 6.07) is 3.61. The van der Waals surface area contributed by atoms with Crippen LogP contribution in [0.2, 0.25) is 0 Å². The van der Waals surface area contributed by atoms with Crippen molar-refractivity contribution in [3.8, 4) is 0 Å². The Bertz CT molecular complexity index is 726. The highest BCUT2D eigenvalue weighted by atomic mass is 16.3. The van der Waals surface area contributed by atoms with Gasteiger partial charge < -0.3 is 14.8 Å². The maximum Gasteiger partial charge on any atom is 0.269 e. The van der Waals surface area contributed by atoms with Crippen molar-refractivity contribution in [1.29, 1.82) is 0 Å². The summed E-state index contributed by atoms with van der Waals surface area (Å²) >= 11 is 0. The average molecular weight is 333 g/mol. The summed E-state index contributed by atoms with van der Waals surface area (Å²) in [6.07, 6.45) is 0. The van der Waals surface area contributed by atoms with Gasteiger partial charge in [0.1, 0.15) is 22.8 Å². The van der Waals surface area contributed by atoms with Crippen molar-refractivity contribution in [2.45, 2.75) is 59.6 Å². The van der Waals surface area contributed by atoms with Crippen LogP contribution in [0.15, 0.2) is 16.5 Å². The minimum absolute atomic E-state index is 0.0948. The molecule has 6 heteroatoms. The van der Waals surface area contributed by atoms with Gasteiger partial charge in [0.25, 0.3) is 5.91 Å². The van der Waals surface area contributed by atoms with E-state index in [4.69, 9.17) is 4.42 Å². The number of hydrogen-bond donors (Lipinski definition) is 2. The Balaban J connectivity index is 2.14. The van der Waals surface area contributed by atoms with E-state index in [-0.39, 0.29) is 18.4 Å². The summed E-state index contributed by atoms with van der Waals surface area (Å²) in [5, 5.41) is 18.0. The zero-order valence-corrected chi connectivity index (χ0v) is 15.3. The van der Waals surface area contributed by atoms with Gasteiger partial charge in [-0.3, -0.25) is 9.48 Å². The smallest absolute Gasteiger partial charge is 0.269 e. The van der Waals surface area contributed by atoms with Crippen LogP contribution in [-0.4, -0.2) is 27.3 Å². The van der Waals surface area contributed by atoms with E-state index in [1.54, 1.807) is 24.6 Å².